The number of benzene rings is 1. The van der Waals surface area contributed by atoms with Crippen molar-refractivity contribution >= 4 is 35.8 Å². The van der Waals surface area contributed by atoms with E-state index in [2.05, 4.69) is 10.6 Å². The molecule has 1 aromatic rings. The summed E-state index contributed by atoms with van der Waals surface area (Å²) < 4.78 is 13.6. The molecular weight excluding hydrogens is 308 g/mol. The van der Waals surface area contributed by atoms with E-state index in [9.17, 15) is 14.0 Å². The lowest BCUT2D eigenvalue weighted by Gasteiger charge is -2.16. The molecule has 0 aliphatic rings. The van der Waals surface area contributed by atoms with Crippen LogP contribution in [0.4, 0.5) is 4.39 Å². The minimum atomic E-state index is -0.601. The van der Waals surface area contributed by atoms with Crippen LogP contribution in [-0.2, 0) is 9.59 Å². The van der Waals surface area contributed by atoms with Gasteiger partial charge in [0.15, 0.2) is 0 Å². The van der Waals surface area contributed by atoms with Gasteiger partial charge in [-0.1, -0.05) is 17.7 Å². The fraction of sp³-hybridized carbons (Fsp3) is 0.333. The Hall–Kier alpha value is -1.37. The highest BCUT2D eigenvalue weighted by Gasteiger charge is 2.16. The first kappa shape index (κ1) is 18.6. The van der Waals surface area contributed by atoms with Gasteiger partial charge in [0.2, 0.25) is 11.8 Å². The summed E-state index contributed by atoms with van der Waals surface area (Å²) >= 11 is 5.88. The van der Waals surface area contributed by atoms with E-state index in [-0.39, 0.29) is 36.1 Å². The van der Waals surface area contributed by atoms with Crippen LogP contribution in [0.3, 0.4) is 0 Å². The normalized spacial score (nSPS) is 11.2. The molecule has 1 unspecified atom stereocenters. The predicted molar refractivity (Wildman–Crippen MR) is 77.3 cm³/mol. The van der Waals surface area contributed by atoms with Crippen molar-refractivity contribution in [2.24, 2.45) is 5.73 Å². The molecule has 20 heavy (non-hydrogen) atoms. The minimum Gasteiger partial charge on any atom is -0.348 e. The molecule has 2 amide bonds. The highest BCUT2D eigenvalue weighted by molar-refractivity contribution is 6.31. The maximum absolute atomic E-state index is 13.6. The average molecular weight is 324 g/mol. The third-order valence-electron chi connectivity index (χ3n) is 2.44. The van der Waals surface area contributed by atoms with Crippen LogP contribution in [0.1, 0.15) is 18.5 Å². The van der Waals surface area contributed by atoms with Crippen molar-refractivity contribution in [1.82, 2.24) is 10.6 Å². The zero-order valence-electron chi connectivity index (χ0n) is 10.8. The summed E-state index contributed by atoms with van der Waals surface area (Å²) in [5.41, 5.74) is 5.29. The summed E-state index contributed by atoms with van der Waals surface area (Å²) in [5, 5.41) is 5.09. The Balaban J connectivity index is 0.00000361. The second kappa shape index (κ2) is 8.73. The molecule has 8 heteroatoms. The molecular formula is C12H16Cl2FN3O2. The lowest BCUT2D eigenvalue weighted by atomic mass is 10.1. The van der Waals surface area contributed by atoms with Gasteiger partial charge in [-0.15, -0.1) is 12.4 Å². The molecule has 0 saturated carbocycles. The van der Waals surface area contributed by atoms with Gasteiger partial charge in [-0.05, 0) is 19.1 Å². The second-order valence-electron chi connectivity index (χ2n) is 3.91. The van der Waals surface area contributed by atoms with Crippen molar-refractivity contribution in [3.63, 3.8) is 0 Å². The van der Waals surface area contributed by atoms with Gasteiger partial charge < -0.3 is 16.4 Å². The molecule has 112 valence electrons. The smallest absolute Gasteiger partial charge is 0.239 e. The average Bonchev–Trinajstić information content (AvgIpc) is 2.35. The fourth-order valence-corrected chi connectivity index (χ4v) is 1.87. The second-order valence-corrected chi connectivity index (χ2v) is 4.31. The lowest BCUT2D eigenvalue weighted by molar-refractivity contribution is -0.125. The minimum absolute atomic E-state index is 0. The summed E-state index contributed by atoms with van der Waals surface area (Å²) in [6.45, 7) is 1.20. The highest BCUT2D eigenvalue weighted by atomic mass is 35.5. The van der Waals surface area contributed by atoms with Crippen LogP contribution in [0.5, 0.6) is 0 Å². The van der Waals surface area contributed by atoms with Crippen molar-refractivity contribution in [3.05, 3.63) is 34.6 Å². The highest BCUT2D eigenvalue weighted by Crippen LogP contribution is 2.25. The lowest BCUT2D eigenvalue weighted by Crippen LogP contribution is -2.40. The molecule has 1 rings (SSSR count). The number of carbonyl (C=O) groups is 2. The monoisotopic (exact) mass is 323 g/mol. The molecule has 4 N–H and O–H groups in total. The zero-order valence-corrected chi connectivity index (χ0v) is 12.4. The van der Waals surface area contributed by atoms with Crippen LogP contribution in [0.2, 0.25) is 5.02 Å². The van der Waals surface area contributed by atoms with E-state index in [1.54, 1.807) is 13.0 Å². The quantitative estimate of drug-likeness (QED) is 0.760. The van der Waals surface area contributed by atoms with E-state index in [0.29, 0.717) is 0 Å². The van der Waals surface area contributed by atoms with Crippen molar-refractivity contribution in [2.75, 3.05) is 13.1 Å². The number of halogens is 3. The summed E-state index contributed by atoms with van der Waals surface area (Å²) in [6.07, 6.45) is 0. The Bertz CT molecular complexity index is 466. The molecule has 5 nitrogen and oxygen atoms in total. The Morgan fingerprint density at radius 1 is 1.40 bits per heavy atom. The van der Waals surface area contributed by atoms with E-state index in [0.717, 1.165) is 0 Å². The van der Waals surface area contributed by atoms with Crippen LogP contribution >= 0.6 is 24.0 Å². The van der Waals surface area contributed by atoms with E-state index in [1.807, 2.05) is 0 Å². The molecule has 0 radical (unpaired) electrons. The molecule has 0 fully saturated rings. The number of hydrogen-bond donors (Lipinski definition) is 3. The number of hydrogen-bond acceptors (Lipinski definition) is 3. The van der Waals surface area contributed by atoms with Gasteiger partial charge in [-0.3, -0.25) is 9.59 Å². The van der Waals surface area contributed by atoms with Crippen molar-refractivity contribution in [1.29, 1.82) is 0 Å². The zero-order chi connectivity index (χ0) is 14.4. The van der Waals surface area contributed by atoms with Crippen LogP contribution in [0, 0.1) is 5.82 Å². The third kappa shape index (κ3) is 5.32. The van der Waals surface area contributed by atoms with E-state index in [4.69, 9.17) is 17.3 Å². The maximum Gasteiger partial charge on any atom is 0.239 e. The molecule has 0 heterocycles. The molecule has 0 aromatic heterocycles. The van der Waals surface area contributed by atoms with Gasteiger partial charge in [-0.25, -0.2) is 4.39 Å². The first-order chi connectivity index (χ1) is 8.95. The van der Waals surface area contributed by atoms with Crippen LogP contribution < -0.4 is 16.4 Å². The Labute approximate surface area is 127 Å². The van der Waals surface area contributed by atoms with Crippen molar-refractivity contribution in [2.45, 2.75) is 13.0 Å². The standard InChI is InChI=1S/C12H15ClFN3O2.ClH/c1-7(12-8(13)3-2-4-9(12)14)17-11(19)6-16-10(18)5-15;/h2-4,7H,5-6,15H2,1H3,(H,16,18)(H,17,19);1H. The molecule has 0 bridgehead atoms. The summed E-state index contributed by atoms with van der Waals surface area (Å²) in [4.78, 5) is 22.4. The van der Waals surface area contributed by atoms with Crippen LogP contribution in [-0.4, -0.2) is 24.9 Å². The van der Waals surface area contributed by atoms with Crippen molar-refractivity contribution < 1.29 is 14.0 Å². The fourth-order valence-electron chi connectivity index (χ4n) is 1.54. The maximum atomic E-state index is 13.6. The summed E-state index contributed by atoms with van der Waals surface area (Å²) in [6, 6.07) is 3.69. The molecule has 0 aliphatic heterocycles. The number of amides is 2. The summed E-state index contributed by atoms with van der Waals surface area (Å²) in [5.74, 6) is -1.38. The van der Waals surface area contributed by atoms with Gasteiger partial charge in [-0.2, -0.15) is 0 Å². The van der Waals surface area contributed by atoms with Gasteiger partial charge >= 0.3 is 0 Å². The Kier molecular flexibility index (Phi) is 8.13. The van der Waals surface area contributed by atoms with E-state index >= 15 is 0 Å². The van der Waals surface area contributed by atoms with Gasteiger partial charge in [0.05, 0.1) is 19.1 Å². The predicted octanol–water partition coefficient (Wildman–Crippen LogP) is 1.15. The Morgan fingerprint density at radius 2 is 2.05 bits per heavy atom. The largest absolute Gasteiger partial charge is 0.348 e. The molecule has 0 aliphatic carbocycles. The first-order valence-corrected chi connectivity index (χ1v) is 6.03. The van der Waals surface area contributed by atoms with E-state index in [1.165, 1.54) is 12.1 Å². The number of nitrogens with two attached hydrogens (primary N) is 1. The molecule has 1 aromatic carbocycles. The van der Waals surface area contributed by atoms with Gasteiger partial charge in [0.1, 0.15) is 5.82 Å². The molecule has 0 saturated heterocycles. The first-order valence-electron chi connectivity index (χ1n) is 5.65. The number of carbonyl (C=O) groups excluding carboxylic acids is 2. The third-order valence-corrected chi connectivity index (χ3v) is 2.77. The van der Waals surface area contributed by atoms with Crippen LogP contribution in [0.25, 0.3) is 0 Å². The SMILES string of the molecule is CC(NC(=O)CNC(=O)CN)c1c(F)cccc1Cl.Cl. The number of rotatable bonds is 5. The Morgan fingerprint density at radius 3 is 2.60 bits per heavy atom. The molecule has 1 atom stereocenters. The van der Waals surface area contributed by atoms with Gasteiger partial charge in [0.25, 0.3) is 0 Å². The van der Waals surface area contributed by atoms with Gasteiger partial charge in [0, 0.05) is 10.6 Å². The number of nitrogens with one attached hydrogen (secondary N) is 2. The molecule has 0 spiro atoms. The summed E-state index contributed by atoms with van der Waals surface area (Å²) in [7, 11) is 0. The topological polar surface area (TPSA) is 84.2 Å². The van der Waals surface area contributed by atoms with E-state index < -0.39 is 23.7 Å². The van der Waals surface area contributed by atoms with Crippen LogP contribution in [0.15, 0.2) is 18.2 Å². The van der Waals surface area contributed by atoms with Crippen molar-refractivity contribution in [3.8, 4) is 0 Å².